The van der Waals surface area contributed by atoms with Crippen LogP contribution in [0.25, 0.3) is 5.69 Å². The summed E-state index contributed by atoms with van der Waals surface area (Å²) in [6.07, 6.45) is -1.72. The zero-order valence-corrected chi connectivity index (χ0v) is 15.7. The van der Waals surface area contributed by atoms with Gasteiger partial charge in [0.25, 0.3) is 5.91 Å². The van der Waals surface area contributed by atoms with Gasteiger partial charge in [-0.05, 0) is 48.9 Å². The van der Waals surface area contributed by atoms with Crippen molar-refractivity contribution < 1.29 is 18.0 Å². The summed E-state index contributed by atoms with van der Waals surface area (Å²) >= 11 is 5.92. The van der Waals surface area contributed by atoms with E-state index in [0.29, 0.717) is 22.7 Å². The number of halogens is 4. The topological polar surface area (TPSA) is 46.9 Å². The highest BCUT2D eigenvalue weighted by molar-refractivity contribution is 6.30. The maximum Gasteiger partial charge on any atom is 0.416 e. The molecular formula is C20H17ClF3N3O. The van der Waals surface area contributed by atoms with Crippen molar-refractivity contribution >= 4 is 23.2 Å². The minimum atomic E-state index is -4.48. The van der Waals surface area contributed by atoms with Crippen LogP contribution in [0.5, 0.6) is 0 Å². The lowest BCUT2D eigenvalue weighted by atomic mass is 10.1. The van der Waals surface area contributed by atoms with Gasteiger partial charge in [-0.3, -0.25) is 4.79 Å². The number of amides is 1. The zero-order chi connectivity index (χ0) is 20.3. The van der Waals surface area contributed by atoms with Gasteiger partial charge in [0.05, 0.1) is 28.7 Å². The summed E-state index contributed by atoms with van der Waals surface area (Å²) in [5.41, 5.74) is 0.979. The second kappa shape index (κ2) is 8.06. The van der Waals surface area contributed by atoms with Crippen molar-refractivity contribution in [2.75, 3.05) is 5.32 Å². The highest BCUT2D eigenvalue weighted by Crippen LogP contribution is 2.31. The Morgan fingerprint density at radius 3 is 2.54 bits per heavy atom. The molecule has 0 bridgehead atoms. The molecule has 1 aromatic heterocycles. The van der Waals surface area contributed by atoms with Gasteiger partial charge in [0, 0.05) is 10.7 Å². The molecular weight excluding hydrogens is 391 g/mol. The first-order chi connectivity index (χ1) is 13.3. The lowest BCUT2D eigenvalue weighted by Gasteiger charge is -2.11. The number of rotatable bonds is 5. The van der Waals surface area contributed by atoms with Crippen molar-refractivity contribution in [3.63, 3.8) is 0 Å². The Morgan fingerprint density at radius 2 is 1.89 bits per heavy atom. The highest BCUT2D eigenvalue weighted by atomic mass is 35.5. The van der Waals surface area contributed by atoms with Gasteiger partial charge in [-0.1, -0.05) is 31.0 Å². The van der Waals surface area contributed by atoms with Crippen molar-refractivity contribution in [1.29, 1.82) is 0 Å². The maximum absolute atomic E-state index is 12.9. The number of hydrogen-bond acceptors (Lipinski definition) is 2. The predicted molar refractivity (Wildman–Crippen MR) is 102 cm³/mol. The van der Waals surface area contributed by atoms with E-state index in [9.17, 15) is 18.0 Å². The summed E-state index contributed by atoms with van der Waals surface area (Å²) in [5, 5.41) is 7.40. The van der Waals surface area contributed by atoms with Crippen LogP contribution in [-0.2, 0) is 12.6 Å². The van der Waals surface area contributed by atoms with Crippen LogP contribution < -0.4 is 5.32 Å². The molecule has 146 valence electrons. The maximum atomic E-state index is 12.9. The van der Waals surface area contributed by atoms with Crippen molar-refractivity contribution in [3.05, 3.63) is 76.6 Å². The second-order valence-corrected chi connectivity index (χ2v) is 6.61. The van der Waals surface area contributed by atoms with Gasteiger partial charge < -0.3 is 5.32 Å². The van der Waals surface area contributed by atoms with Gasteiger partial charge in [0.1, 0.15) is 0 Å². The van der Waals surface area contributed by atoms with Crippen LogP contribution in [0.3, 0.4) is 0 Å². The van der Waals surface area contributed by atoms with Gasteiger partial charge in [-0.2, -0.15) is 18.3 Å². The summed E-state index contributed by atoms with van der Waals surface area (Å²) in [6, 6.07) is 11.5. The first-order valence-corrected chi connectivity index (χ1v) is 8.99. The average molecular weight is 408 g/mol. The van der Waals surface area contributed by atoms with E-state index in [2.05, 4.69) is 10.4 Å². The molecule has 1 heterocycles. The standard InChI is InChI=1S/C20H17ClF3N3O/c1-2-4-18-17(12-25-27(18)16-9-7-14(21)8-10-16)19(28)26-15-6-3-5-13(11-15)20(22,23)24/h3,5-12H,2,4H2,1H3,(H,26,28). The number of hydrogen-bond donors (Lipinski definition) is 1. The first-order valence-electron chi connectivity index (χ1n) is 8.61. The number of aromatic nitrogens is 2. The number of nitrogens with zero attached hydrogens (tertiary/aromatic N) is 2. The van der Waals surface area contributed by atoms with Crippen LogP contribution >= 0.6 is 11.6 Å². The molecule has 4 nitrogen and oxygen atoms in total. The van der Waals surface area contributed by atoms with E-state index >= 15 is 0 Å². The highest BCUT2D eigenvalue weighted by Gasteiger charge is 2.30. The number of carbonyl (C=O) groups excluding carboxylic acids is 1. The van der Waals surface area contributed by atoms with E-state index in [0.717, 1.165) is 24.2 Å². The zero-order valence-electron chi connectivity index (χ0n) is 14.9. The Morgan fingerprint density at radius 1 is 1.18 bits per heavy atom. The molecule has 0 unspecified atom stereocenters. The smallest absolute Gasteiger partial charge is 0.322 e. The van der Waals surface area contributed by atoms with Crippen LogP contribution in [0.1, 0.15) is 35.0 Å². The summed E-state index contributed by atoms with van der Waals surface area (Å²) in [5.74, 6) is -0.511. The molecule has 1 N–H and O–H groups in total. The Labute approximate surface area is 164 Å². The summed E-state index contributed by atoms with van der Waals surface area (Å²) in [6.45, 7) is 1.97. The van der Waals surface area contributed by atoms with Crippen molar-refractivity contribution in [2.45, 2.75) is 25.9 Å². The van der Waals surface area contributed by atoms with Gasteiger partial charge >= 0.3 is 6.18 Å². The van der Waals surface area contributed by atoms with Crippen LogP contribution in [-0.4, -0.2) is 15.7 Å². The van der Waals surface area contributed by atoms with Gasteiger partial charge in [-0.25, -0.2) is 4.68 Å². The fourth-order valence-corrected chi connectivity index (χ4v) is 2.94. The Kier molecular flexibility index (Phi) is 5.74. The van der Waals surface area contributed by atoms with E-state index in [1.807, 2.05) is 6.92 Å². The normalized spacial score (nSPS) is 11.5. The lowest BCUT2D eigenvalue weighted by Crippen LogP contribution is -2.15. The van der Waals surface area contributed by atoms with Gasteiger partial charge in [0.2, 0.25) is 0 Å². The molecule has 0 aliphatic rings. The van der Waals surface area contributed by atoms with Crippen molar-refractivity contribution in [3.8, 4) is 5.69 Å². The minimum Gasteiger partial charge on any atom is -0.322 e. The Hall–Kier alpha value is -2.80. The summed E-state index contributed by atoms with van der Waals surface area (Å²) in [4.78, 5) is 12.7. The lowest BCUT2D eigenvalue weighted by molar-refractivity contribution is -0.137. The SMILES string of the molecule is CCCc1c(C(=O)Nc2cccc(C(F)(F)F)c2)cnn1-c1ccc(Cl)cc1. The molecule has 0 aliphatic carbocycles. The average Bonchev–Trinajstić information content (AvgIpc) is 3.06. The molecule has 2 aromatic carbocycles. The molecule has 28 heavy (non-hydrogen) atoms. The quantitative estimate of drug-likeness (QED) is 0.585. The molecule has 0 spiro atoms. The molecule has 0 saturated heterocycles. The van der Waals surface area contributed by atoms with Crippen molar-refractivity contribution in [2.24, 2.45) is 0 Å². The van der Waals surface area contributed by atoms with E-state index in [4.69, 9.17) is 11.6 Å². The van der Waals surface area contributed by atoms with E-state index in [1.165, 1.54) is 18.3 Å². The first kappa shape index (κ1) is 19.9. The molecule has 0 fully saturated rings. The summed E-state index contributed by atoms with van der Waals surface area (Å²) < 4.78 is 40.3. The van der Waals surface area contributed by atoms with E-state index in [-0.39, 0.29) is 5.69 Å². The molecule has 8 heteroatoms. The van der Waals surface area contributed by atoms with Crippen LogP contribution in [0, 0.1) is 0 Å². The Bertz CT molecular complexity index is 981. The monoisotopic (exact) mass is 407 g/mol. The predicted octanol–water partition coefficient (Wildman–Crippen LogP) is 5.75. The minimum absolute atomic E-state index is 0.0708. The van der Waals surface area contributed by atoms with Crippen LogP contribution in [0.2, 0.25) is 5.02 Å². The van der Waals surface area contributed by atoms with Crippen LogP contribution in [0.4, 0.5) is 18.9 Å². The molecule has 0 radical (unpaired) electrons. The largest absolute Gasteiger partial charge is 0.416 e. The fraction of sp³-hybridized carbons (Fsp3) is 0.200. The molecule has 1 amide bonds. The number of nitrogens with one attached hydrogen (secondary N) is 1. The number of benzene rings is 2. The molecule has 0 atom stereocenters. The molecule has 0 aliphatic heterocycles. The fourth-order valence-electron chi connectivity index (χ4n) is 2.82. The summed E-state index contributed by atoms with van der Waals surface area (Å²) in [7, 11) is 0. The third kappa shape index (κ3) is 4.36. The van der Waals surface area contributed by atoms with Crippen LogP contribution in [0.15, 0.2) is 54.7 Å². The number of anilines is 1. The second-order valence-electron chi connectivity index (χ2n) is 6.18. The molecule has 0 saturated carbocycles. The number of carbonyl (C=O) groups is 1. The Balaban J connectivity index is 1.91. The third-order valence-electron chi connectivity index (χ3n) is 4.12. The molecule has 3 aromatic rings. The molecule has 3 rings (SSSR count). The van der Waals surface area contributed by atoms with E-state index < -0.39 is 17.6 Å². The van der Waals surface area contributed by atoms with E-state index in [1.54, 1.807) is 28.9 Å². The third-order valence-corrected chi connectivity index (χ3v) is 4.37. The van der Waals surface area contributed by atoms with Gasteiger partial charge in [-0.15, -0.1) is 0 Å². The van der Waals surface area contributed by atoms with Gasteiger partial charge in [0.15, 0.2) is 0 Å². The number of alkyl halides is 3. The van der Waals surface area contributed by atoms with Crippen molar-refractivity contribution in [1.82, 2.24) is 9.78 Å².